The van der Waals surface area contributed by atoms with E-state index in [2.05, 4.69) is 21.2 Å². The third kappa shape index (κ3) is 6.05. The van der Waals surface area contributed by atoms with E-state index in [1.54, 1.807) is 6.92 Å². The van der Waals surface area contributed by atoms with Crippen molar-refractivity contribution >= 4 is 27.8 Å². The van der Waals surface area contributed by atoms with Crippen LogP contribution in [0.25, 0.3) is 0 Å². The fraction of sp³-hybridized carbons (Fsp3) is 0.500. The van der Waals surface area contributed by atoms with Crippen molar-refractivity contribution in [1.29, 1.82) is 0 Å². The molecule has 2 rings (SSSR count). The van der Waals surface area contributed by atoms with Crippen molar-refractivity contribution < 1.29 is 19.1 Å². The highest BCUT2D eigenvalue weighted by molar-refractivity contribution is 9.10. The van der Waals surface area contributed by atoms with Crippen molar-refractivity contribution in [2.24, 2.45) is 0 Å². The Labute approximate surface area is 138 Å². The summed E-state index contributed by atoms with van der Waals surface area (Å²) in [7, 11) is 0. The smallest absolute Gasteiger partial charge is 0.306 e. The van der Waals surface area contributed by atoms with Gasteiger partial charge in [0.25, 0.3) is 5.91 Å². The molecular formula is C16H20BrNO4. The molecule has 0 aliphatic heterocycles. The average molecular weight is 370 g/mol. The molecule has 0 saturated heterocycles. The molecule has 22 heavy (non-hydrogen) atoms. The summed E-state index contributed by atoms with van der Waals surface area (Å²) in [5.41, 5.74) is 0. The fourth-order valence-electron chi connectivity index (χ4n) is 1.79. The van der Waals surface area contributed by atoms with E-state index in [-0.39, 0.29) is 24.3 Å². The second kappa shape index (κ2) is 8.17. The molecule has 1 aromatic carbocycles. The molecule has 1 N–H and O–H groups in total. The molecule has 1 aliphatic carbocycles. The standard InChI is InChI=1S/C16H20BrNO4/c1-11(16(20)18-13-6-7-13)22-15(19)3-2-10-21-14-8-4-12(17)5-9-14/h4-5,8-9,11,13H,2-3,6-7,10H2,1H3,(H,18,20)/t11-/m0/s1. The SMILES string of the molecule is C[C@H](OC(=O)CCCOc1ccc(Br)cc1)C(=O)NC1CC1. The summed E-state index contributed by atoms with van der Waals surface area (Å²) in [5, 5.41) is 2.81. The lowest BCUT2D eigenvalue weighted by molar-refractivity contribution is -0.155. The number of hydrogen-bond acceptors (Lipinski definition) is 4. The predicted molar refractivity (Wildman–Crippen MR) is 85.6 cm³/mol. The van der Waals surface area contributed by atoms with Gasteiger partial charge in [-0.15, -0.1) is 0 Å². The molecule has 1 amide bonds. The van der Waals surface area contributed by atoms with E-state index < -0.39 is 6.10 Å². The zero-order valence-electron chi connectivity index (χ0n) is 12.5. The third-order valence-corrected chi connectivity index (χ3v) is 3.74. The Morgan fingerprint density at radius 3 is 2.64 bits per heavy atom. The van der Waals surface area contributed by atoms with Gasteiger partial charge in [0.1, 0.15) is 5.75 Å². The lowest BCUT2D eigenvalue weighted by Gasteiger charge is -2.13. The number of halogens is 1. The van der Waals surface area contributed by atoms with Gasteiger partial charge in [-0.05, 0) is 50.5 Å². The van der Waals surface area contributed by atoms with Gasteiger partial charge in [0.15, 0.2) is 6.10 Å². The molecule has 0 aromatic heterocycles. The highest BCUT2D eigenvalue weighted by Gasteiger charge is 2.26. The Balaban J connectivity index is 1.58. The van der Waals surface area contributed by atoms with Crippen LogP contribution < -0.4 is 10.1 Å². The van der Waals surface area contributed by atoms with Crippen molar-refractivity contribution in [3.8, 4) is 5.75 Å². The monoisotopic (exact) mass is 369 g/mol. The molecule has 0 radical (unpaired) electrons. The van der Waals surface area contributed by atoms with Gasteiger partial charge < -0.3 is 14.8 Å². The third-order valence-electron chi connectivity index (χ3n) is 3.21. The molecule has 5 nitrogen and oxygen atoms in total. The van der Waals surface area contributed by atoms with Gasteiger partial charge in [0.2, 0.25) is 0 Å². The normalized spacial score (nSPS) is 15.0. The first kappa shape index (κ1) is 16.8. The molecule has 6 heteroatoms. The zero-order chi connectivity index (χ0) is 15.9. The highest BCUT2D eigenvalue weighted by atomic mass is 79.9. The van der Waals surface area contributed by atoms with E-state index in [0.717, 1.165) is 23.1 Å². The Bertz CT molecular complexity index is 513. The first-order chi connectivity index (χ1) is 10.5. The van der Waals surface area contributed by atoms with Gasteiger partial charge in [-0.2, -0.15) is 0 Å². The molecule has 0 unspecified atom stereocenters. The van der Waals surface area contributed by atoms with Crippen molar-refractivity contribution in [2.45, 2.75) is 44.8 Å². The number of rotatable bonds is 8. The van der Waals surface area contributed by atoms with E-state index in [0.29, 0.717) is 13.0 Å². The second-order valence-electron chi connectivity index (χ2n) is 5.32. The summed E-state index contributed by atoms with van der Waals surface area (Å²) in [6.07, 6.45) is 2.07. The zero-order valence-corrected chi connectivity index (χ0v) is 14.1. The van der Waals surface area contributed by atoms with Crippen LogP contribution in [0.15, 0.2) is 28.7 Å². The first-order valence-electron chi connectivity index (χ1n) is 7.43. The van der Waals surface area contributed by atoms with Crippen LogP contribution >= 0.6 is 15.9 Å². The van der Waals surface area contributed by atoms with Crippen LogP contribution in [0.4, 0.5) is 0 Å². The van der Waals surface area contributed by atoms with Gasteiger partial charge in [-0.25, -0.2) is 0 Å². The Morgan fingerprint density at radius 2 is 2.00 bits per heavy atom. The number of benzene rings is 1. The van der Waals surface area contributed by atoms with Crippen LogP contribution in [0.2, 0.25) is 0 Å². The number of amides is 1. The molecule has 0 heterocycles. The van der Waals surface area contributed by atoms with Crippen molar-refractivity contribution in [1.82, 2.24) is 5.32 Å². The maximum atomic E-state index is 11.7. The van der Waals surface area contributed by atoms with Crippen molar-refractivity contribution in [3.05, 3.63) is 28.7 Å². The van der Waals surface area contributed by atoms with E-state index in [9.17, 15) is 9.59 Å². The van der Waals surface area contributed by atoms with Crippen LogP contribution in [-0.2, 0) is 14.3 Å². The van der Waals surface area contributed by atoms with Crippen LogP contribution in [0, 0.1) is 0 Å². The lowest BCUT2D eigenvalue weighted by atomic mass is 10.3. The summed E-state index contributed by atoms with van der Waals surface area (Å²) >= 11 is 3.35. The fourth-order valence-corrected chi connectivity index (χ4v) is 2.06. The predicted octanol–water partition coefficient (Wildman–Crippen LogP) is 2.82. The Kier molecular flexibility index (Phi) is 6.24. The summed E-state index contributed by atoms with van der Waals surface area (Å²) in [6.45, 7) is 2.02. The van der Waals surface area contributed by atoms with Crippen LogP contribution in [0.3, 0.4) is 0 Å². The number of hydrogen-bond donors (Lipinski definition) is 1. The number of carbonyl (C=O) groups is 2. The average Bonchev–Trinajstić information content (AvgIpc) is 3.29. The lowest BCUT2D eigenvalue weighted by Crippen LogP contribution is -2.37. The Hall–Kier alpha value is -1.56. The minimum Gasteiger partial charge on any atom is -0.494 e. The Morgan fingerprint density at radius 1 is 1.32 bits per heavy atom. The van der Waals surface area contributed by atoms with Crippen LogP contribution in [-0.4, -0.2) is 30.6 Å². The van der Waals surface area contributed by atoms with Crippen molar-refractivity contribution in [2.75, 3.05) is 6.61 Å². The van der Waals surface area contributed by atoms with Gasteiger partial charge in [0.05, 0.1) is 6.61 Å². The molecule has 1 atom stereocenters. The maximum absolute atomic E-state index is 11.7. The van der Waals surface area contributed by atoms with E-state index >= 15 is 0 Å². The largest absolute Gasteiger partial charge is 0.494 e. The van der Waals surface area contributed by atoms with Gasteiger partial charge >= 0.3 is 5.97 Å². The second-order valence-corrected chi connectivity index (χ2v) is 6.24. The molecule has 1 fully saturated rings. The number of carbonyl (C=O) groups excluding carboxylic acids is 2. The molecular weight excluding hydrogens is 350 g/mol. The van der Waals surface area contributed by atoms with Gasteiger partial charge in [0, 0.05) is 16.9 Å². The molecule has 1 saturated carbocycles. The summed E-state index contributed by atoms with van der Waals surface area (Å²) in [4.78, 5) is 23.3. The molecule has 0 spiro atoms. The number of ether oxygens (including phenoxy) is 2. The van der Waals surface area contributed by atoms with Gasteiger partial charge in [-0.1, -0.05) is 15.9 Å². The quantitative estimate of drug-likeness (QED) is 0.565. The van der Waals surface area contributed by atoms with E-state index in [1.165, 1.54) is 0 Å². The summed E-state index contributed by atoms with van der Waals surface area (Å²) in [6, 6.07) is 7.76. The van der Waals surface area contributed by atoms with Gasteiger partial charge in [-0.3, -0.25) is 9.59 Å². The summed E-state index contributed by atoms with van der Waals surface area (Å²) in [5.74, 6) is 0.161. The van der Waals surface area contributed by atoms with Crippen LogP contribution in [0.1, 0.15) is 32.6 Å². The molecule has 1 aromatic rings. The molecule has 0 bridgehead atoms. The topological polar surface area (TPSA) is 64.6 Å². The number of esters is 1. The van der Waals surface area contributed by atoms with E-state index in [4.69, 9.17) is 9.47 Å². The summed E-state index contributed by atoms with van der Waals surface area (Å²) < 4.78 is 11.6. The van der Waals surface area contributed by atoms with E-state index in [1.807, 2.05) is 24.3 Å². The molecule has 1 aliphatic rings. The highest BCUT2D eigenvalue weighted by Crippen LogP contribution is 2.19. The minimum atomic E-state index is -0.736. The maximum Gasteiger partial charge on any atom is 0.306 e. The minimum absolute atomic E-state index is 0.220. The molecule has 120 valence electrons. The van der Waals surface area contributed by atoms with Crippen LogP contribution in [0.5, 0.6) is 5.75 Å². The number of nitrogens with one attached hydrogen (secondary N) is 1. The first-order valence-corrected chi connectivity index (χ1v) is 8.22. The van der Waals surface area contributed by atoms with Crippen molar-refractivity contribution in [3.63, 3.8) is 0 Å².